The molecule has 0 fully saturated rings. The molecule has 0 unspecified atom stereocenters. The van der Waals surface area contributed by atoms with Crippen molar-refractivity contribution in [1.29, 1.82) is 0 Å². The van der Waals surface area contributed by atoms with E-state index < -0.39 is 41.1 Å². The van der Waals surface area contributed by atoms with Crippen LogP contribution in [-0.4, -0.2) is 42.4 Å². The highest BCUT2D eigenvalue weighted by Crippen LogP contribution is 2.40. The van der Waals surface area contributed by atoms with Gasteiger partial charge in [0.1, 0.15) is 16.7 Å². The highest BCUT2D eigenvalue weighted by molar-refractivity contribution is 7.18. The molecular formula is C22H20F3N5O3S. The van der Waals surface area contributed by atoms with Crippen LogP contribution in [-0.2, 0) is 18.2 Å². The number of hydrogen-bond acceptors (Lipinski definition) is 7. The summed E-state index contributed by atoms with van der Waals surface area (Å²) < 4.78 is 47.6. The molecule has 4 heterocycles. The van der Waals surface area contributed by atoms with E-state index >= 15 is 0 Å². The van der Waals surface area contributed by atoms with Gasteiger partial charge in [-0.05, 0) is 38.8 Å². The third kappa shape index (κ3) is 3.86. The van der Waals surface area contributed by atoms with Gasteiger partial charge in [0.25, 0.3) is 5.91 Å². The number of nitrogens with one attached hydrogen (secondary N) is 1. The number of carbonyl (C=O) groups excluding carboxylic acids is 1. The van der Waals surface area contributed by atoms with Crippen LogP contribution in [0.4, 0.5) is 13.2 Å². The number of rotatable bonds is 3. The summed E-state index contributed by atoms with van der Waals surface area (Å²) in [4.78, 5) is 30.5. The first-order valence-electron chi connectivity index (χ1n) is 10.5. The molecule has 5 rings (SSSR count). The van der Waals surface area contributed by atoms with E-state index in [1.54, 1.807) is 0 Å². The maximum atomic E-state index is 13.8. The van der Waals surface area contributed by atoms with Gasteiger partial charge >= 0.3 is 6.18 Å². The molecule has 8 nitrogen and oxygen atoms in total. The minimum atomic E-state index is -4.95. The van der Waals surface area contributed by atoms with Gasteiger partial charge in [-0.3, -0.25) is 4.79 Å². The Labute approximate surface area is 195 Å². The minimum absolute atomic E-state index is 0.152. The van der Waals surface area contributed by atoms with Gasteiger partial charge in [-0.1, -0.05) is 12.1 Å². The molecule has 1 atom stereocenters. The first kappa shape index (κ1) is 22.5. The van der Waals surface area contributed by atoms with Gasteiger partial charge < -0.3 is 19.4 Å². The molecule has 3 aromatic heterocycles. The number of benzene rings is 1. The van der Waals surface area contributed by atoms with E-state index in [-0.39, 0.29) is 6.54 Å². The fraction of sp³-hybridized carbons (Fsp3) is 0.364. The molecule has 4 aromatic rings. The van der Waals surface area contributed by atoms with Crippen LogP contribution in [0.2, 0.25) is 0 Å². The van der Waals surface area contributed by atoms with Crippen LogP contribution in [0.5, 0.6) is 0 Å². The third-order valence-corrected chi connectivity index (χ3v) is 6.66. The summed E-state index contributed by atoms with van der Waals surface area (Å²) in [5.74, 6) is -2.54. The summed E-state index contributed by atoms with van der Waals surface area (Å²) in [5.41, 5.74) is -1.23. The van der Waals surface area contributed by atoms with Crippen LogP contribution in [0.1, 0.15) is 64.8 Å². The average Bonchev–Trinajstić information content (AvgIpc) is 3.48. The van der Waals surface area contributed by atoms with Gasteiger partial charge in [-0.25, -0.2) is 15.0 Å². The summed E-state index contributed by atoms with van der Waals surface area (Å²) in [7, 11) is 0. The molecule has 0 radical (unpaired) electrons. The number of H-pyrrole nitrogens is 1. The van der Waals surface area contributed by atoms with Crippen molar-refractivity contribution in [2.45, 2.75) is 44.5 Å². The molecule has 1 aromatic carbocycles. The van der Waals surface area contributed by atoms with E-state index in [0.29, 0.717) is 23.5 Å². The van der Waals surface area contributed by atoms with Crippen molar-refractivity contribution in [2.75, 3.05) is 6.54 Å². The molecule has 34 heavy (non-hydrogen) atoms. The molecule has 1 aliphatic rings. The van der Waals surface area contributed by atoms with Crippen LogP contribution in [0.25, 0.3) is 10.2 Å². The smallest absolute Gasteiger partial charge is 0.432 e. The van der Waals surface area contributed by atoms with Gasteiger partial charge in [-0.2, -0.15) is 13.2 Å². The maximum absolute atomic E-state index is 13.8. The Hall–Kier alpha value is -3.25. The fourth-order valence-corrected chi connectivity index (χ4v) is 5.08. The lowest BCUT2D eigenvalue weighted by atomic mass is 10.1. The predicted octanol–water partition coefficient (Wildman–Crippen LogP) is 4.43. The van der Waals surface area contributed by atoms with Crippen LogP contribution in [0.3, 0.4) is 0 Å². The van der Waals surface area contributed by atoms with Gasteiger partial charge in [0.15, 0.2) is 5.69 Å². The maximum Gasteiger partial charge on any atom is 0.437 e. The zero-order valence-corrected chi connectivity index (χ0v) is 19.0. The number of para-hydroxylation sites is 1. The highest BCUT2D eigenvalue weighted by Gasteiger charge is 2.46. The quantitative estimate of drug-likeness (QED) is 0.439. The number of aromatic amines is 1. The zero-order chi connectivity index (χ0) is 24.3. The Bertz CT molecular complexity index is 1340. The molecule has 1 aliphatic heterocycles. The Balaban J connectivity index is 1.66. The number of halogens is 3. The second-order valence-electron chi connectivity index (χ2n) is 8.54. The van der Waals surface area contributed by atoms with Crippen molar-refractivity contribution < 1.29 is 27.5 Å². The van der Waals surface area contributed by atoms with Crippen molar-refractivity contribution in [3.63, 3.8) is 0 Å². The SMILES string of the molecule is CC(C)(O)c1nc(C(F)(F)F)c(C(=O)N2CCCc3[nH]cnc3[C@H]2c2nc3ccccc3s2)o1. The number of imidazole rings is 1. The normalized spacial score (nSPS) is 17.1. The van der Waals surface area contributed by atoms with Gasteiger partial charge in [0.2, 0.25) is 11.7 Å². The van der Waals surface area contributed by atoms with E-state index in [0.717, 1.165) is 15.9 Å². The van der Waals surface area contributed by atoms with E-state index in [9.17, 15) is 23.1 Å². The zero-order valence-electron chi connectivity index (χ0n) is 18.2. The van der Waals surface area contributed by atoms with Crippen molar-refractivity contribution >= 4 is 27.5 Å². The third-order valence-electron chi connectivity index (χ3n) is 5.57. The van der Waals surface area contributed by atoms with Crippen LogP contribution in [0, 0.1) is 0 Å². The monoisotopic (exact) mass is 491 g/mol. The molecule has 0 bridgehead atoms. The highest BCUT2D eigenvalue weighted by atomic mass is 32.1. The van der Waals surface area contributed by atoms with E-state index in [2.05, 4.69) is 19.9 Å². The lowest BCUT2D eigenvalue weighted by Gasteiger charge is -2.27. The molecule has 178 valence electrons. The second kappa shape index (κ2) is 7.91. The van der Waals surface area contributed by atoms with E-state index in [1.165, 1.54) is 36.4 Å². The lowest BCUT2D eigenvalue weighted by Crippen LogP contribution is -2.36. The standard InChI is InChI=1S/C22H20F3N5O3S/c1-21(2,32)20-29-17(22(23,24)25)16(33-20)19(31)30-9-5-7-12-14(27-10-26-12)15(30)18-28-11-6-3-4-8-13(11)34-18/h3-4,6,8,10,15,32H,5,7,9H2,1-2H3,(H,26,27)/t15-/m0/s1. The van der Waals surface area contributed by atoms with E-state index in [4.69, 9.17) is 4.42 Å². The average molecular weight is 491 g/mol. The fourth-order valence-electron chi connectivity index (χ4n) is 4.00. The number of nitrogens with zero attached hydrogens (tertiary/aromatic N) is 4. The summed E-state index contributed by atoms with van der Waals surface area (Å²) in [6.45, 7) is 2.62. The molecule has 0 saturated carbocycles. The molecular weight excluding hydrogens is 471 g/mol. The van der Waals surface area contributed by atoms with Crippen LogP contribution in [0.15, 0.2) is 35.0 Å². The number of oxazole rings is 1. The van der Waals surface area contributed by atoms with Crippen molar-refractivity contribution in [2.24, 2.45) is 0 Å². The number of amides is 1. The Morgan fingerprint density at radius 2 is 2.03 bits per heavy atom. The summed E-state index contributed by atoms with van der Waals surface area (Å²) in [6.07, 6.45) is -2.39. The number of aliphatic hydroxyl groups is 1. The Kier molecular flexibility index (Phi) is 5.24. The number of hydrogen-bond donors (Lipinski definition) is 2. The van der Waals surface area contributed by atoms with Gasteiger partial charge in [0.05, 0.1) is 22.2 Å². The molecule has 12 heteroatoms. The molecule has 0 aliphatic carbocycles. The number of fused-ring (bicyclic) bond motifs is 2. The molecule has 1 amide bonds. The second-order valence-corrected chi connectivity index (χ2v) is 9.61. The summed E-state index contributed by atoms with van der Waals surface area (Å²) >= 11 is 1.35. The molecule has 0 saturated heterocycles. The van der Waals surface area contributed by atoms with Crippen LogP contribution < -0.4 is 0 Å². The van der Waals surface area contributed by atoms with Crippen molar-refractivity contribution in [3.05, 3.63) is 64.3 Å². The number of aryl methyl sites for hydroxylation is 1. The summed E-state index contributed by atoms with van der Waals surface area (Å²) in [6, 6.07) is 6.61. The number of thiazole rings is 1. The van der Waals surface area contributed by atoms with Crippen molar-refractivity contribution in [1.82, 2.24) is 24.8 Å². The number of aromatic nitrogens is 4. The minimum Gasteiger partial charge on any atom is -0.432 e. The number of alkyl halides is 3. The molecule has 2 N–H and O–H groups in total. The molecule has 0 spiro atoms. The van der Waals surface area contributed by atoms with Crippen molar-refractivity contribution in [3.8, 4) is 0 Å². The first-order valence-corrected chi connectivity index (χ1v) is 11.3. The van der Waals surface area contributed by atoms with Crippen LogP contribution >= 0.6 is 11.3 Å². The van der Waals surface area contributed by atoms with Gasteiger partial charge in [0, 0.05) is 12.2 Å². The Morgan fingerprint density at radius 3 is 2.74 bits per heavy atom. The first-order chi connectivity index (χ1) is 16.0. The topological polar surface area (TPSA) is 108 Å². The largest absolute Gasteiger partial charge is 0.437 e. The number of carbonyl (C=O) groups is 1. The van der Waals surface area contributed by atoms with Gasteiger partial charge in [-0.15, -0.1) is 11.3 Å². The lowest BCUT2D eigenvalue weighted by molar-refractivity contribution is -0.141. The summed E-state index contributed by atoms with van der Waals surface area (Å²) in [5, 5.41) is 10.7. The Morgan fingerprint density at radius 1 is 1.26 bits per heavy atom. The predicted molar refractivity (Wildman–Crippen MR) is 116 cm³/mol. The van der Waals surface area contributed by atoms with E-state index in [1.807, 2.05) is 24.3 Å².